The van der Waals surface area contributed by atoms with Gasteiger partial charge in [0.15, 0.2) is 23.2 Å². The number of aromatic nitrogens is 4. The summed E-state index contributed by atoms with van der Waals surface area (Å²) in [6.45, 7) is 0.697. The summed E-state index contributed by atoms with van der Waals surface area (Å²) in [5.74, 6) is -0.520. The van der Waals surface area contributed by atoms with Gasteiger partial charge in [-0.05, 0) is 26.0 Å². The number of esters is 1. The van der Waals surface area contributed by atoms with E-state index in [-0.39, 0.29) is 35.3 Å². The second-order valence-electron chi connectivity index (χ2n) is 8.84. The van der Waals surface area contributed by atoms with Gasteiger partial charge in [-0.3, -0.25) is 13.9 Å². The minimum absolute atomic E-state index is 0.0223. The van der Waals surface area contributed by atoms with E-state index in [4.69, 9.17) is 24.3 Å². The zero-order valence-electron chi connectivity index (χ0n) is 21.9. The van der Waals surface area contributed by atoms with Crippen LogP contribution in [0, 0.1) is 0 Å². The molecule has 2 aromatic heterocycles. The van der Waals surface area contributed by atoms with Crippen LogP contribution in [0.5, 0.6) is 5.75 Å². The number of alkyl halides is 2. The number of ether oxygens (including phenoxy) is 2. The third kappa shape index (κ3) is 5.86. The Labute approximate surface area is 227 Å². The van der Waals surface area contributed by atoms with Crippen molar-refractivity contribution >= 4 is 36.6 Å². The van der Waals surface area contributed by atoms with E-state index in [2.05, 4.69) is 25.4 Å². The highest BCUT2D eigenvalue weighted by Crippen LogP contribution is 2.48. The maximum Gasteiger partial charge on any atom is 0.459 e. The van der Waals surface area contributed by atoms with Crippen molar-refractivity contribution in [3.05, 3.63) is 36.7 Å². The molecule has 0 spiro atoms. The van der Waals surface area contributed by atoms with Crippen LogP contribution < -0.4 is 20.7 Å². The third-order valence-electron chi connectivity index (χ3n) is 6.06. The van der Waals surface area contributed by atoms with Crippen molar-refractivity contribution < 1.29 is 41.8 Å². The standard InChI is InChI=1S/C23H30F2N7O7P/c1-4-36-20(34)13(2)31-40(35,39-14-8-6-5-7-9-14)37-10-15-17(33)23(25,11-24)21(38-15)32-12-28-16-18(27-3)29-22(26)30-19(16)32/h5-9,12-13,15,17,21,33H,4,10-11H2,1-3H3,(H,31,35)(H3,26,27,29,30)/t13-,15-,17-,21-,23-,40?/m1/s1. The minimum atomic E-state index is -4.36. The van der Waals surface area contributed by atoms with Crippen LogP contribution in [-0.4, -0.2) is 81.4 Å². The van der Waals surface area contributed by atoms with E-state index in [1.807, 2.05) is 0 Å². The highest BCUT2D eigenvalue weighted by molar-refractivity contribution is 7.52. The van der Waals surface area contributed by atoms with Gasteiger partial charge in [0.25, 0.3) is 0 Å². The fourth-order valence-electron chi connectivity index (χ4n) is 4.10. The summed E-state index contributed by atoms with van der Waals surface area (Å²) in [7, 11) is -2.80. The molecule has 5 N–H and O–H groups in total. The quantitative estimate of drug-likeness (QED) is 0.179. The number of imidazole rings is 1. The molecule has 14 nitrogen and oxygen atoms in total. The normalized spacial score (nSPS) is 24.9. The smallest absolute Gasteiger partial charge is 0.459 e. The van der Waals surface area contributed by atoms with Gasteiger partial charge in [-0.2, -0.15) is 15.1 Å². The lowest BCUT2D eigenvalue weighted by molar-refractivity contribution is -0.144. The lowest BCUT2D eigenvalue weighted by Crippen LogP contribution is -2.45. The minimum Gasteiger partial charge on any atom is -0.465 e. The van der Waals surface area contributed by atoms with E-state index >= 15 is 4.39 Å². The molecule has 0 bridgehead atoms. The first-order chi connectivity index (χ1) is 19.0. The van der Waals surface area contributed by atoms with Crippen LogP contribution in [0.4, 0.5) is 20.5 Å². The maximum absolute atomic E-state index is 16.0. The fraction of sp³-hybridized carbons (Fsp3) is 0.478. The van der Waals surface area contributed by atoms with Gasteiger partial charge in [-0.1, -0.05) is 18.2 Å². The predicted molar refractivity (Wildman–Crippen MR) is 139 cm³/mol. The molecule has 0 amide bonds. The molecule has 0 saturated carbocycles. The number of anilines is 2. The number of aliphatic hydroxyl groups excluding tert-OH is 1. The summed E-state index contributed by atoms with van der Waals surface area (Å²) in [6.07, 6.45) is -4.21. The summed E-state index contributed by atoms with van der Waals surface area (Å²) in [5, 5.41) is 16.0. The molecule has 3 heterocycles. The van der Waals surface area contributed by atoms with Crippen molar-refractivity contribution in [3.8, 4) is 5.75 Å². The molecule has 6 atom stereocenters. The van der Waals surface area contributed by atoms with Crippen LogP contribution in [0.3, 0.4) is 0 Å². The molecule has 1 aliphatic heterocycles. The Morgan fingerprint density at radius 3 is 2.73 bits per heavy atom. The van der Waals surface area contributed by atoms with E-state index in [1.165, 1.54) is 19.1 Å². The number of benzene rings is 1. The number of nitrogens with two attached hydrogens (primary N) is 1. The Morgan fingerprint density at radius 1 is 1.35 bits per heavy atom. The number of nitrogens with one attached hydrogen (secondary N) is 2. The van der Waals surface area contributed by atoms with Crippen molar-refractivity contribution in [1.82, 2.24) is 24.6 Å². The summed E-state index contributed by atoms with van der Waals surface area (Å²) in [4.78, 5) is 24.4. The maximum atomic E-state index is 16.0. The number of halogens is 2. The van der Waals surface area contributed by atoms with E-state index in [0.717, 1.165) is 10.9 Å². The van der Waals surface area contributed by atoms with Gasteiger partial charge < -0.3 is 30.2 Å². The number of rotatable bonds is 12. The summed E-state index contributed by atoms with van der Waals surface area (Å²) >= 11 is 0. The monoisotopic (exact) mass is 585 g/mol. The SMILES string of the molecule is CCOC(=O)[C@@H](C)NP(=O)(OC[C@H]1O[C@@H](n2cnc3c(NC)nc(N)nc32)[C@@](F)(CF)[C@@H]1O)Oc1ccccc1. The Bertz CT molecular complexity index is 1380. The first-order valence-corrected chi connectivity index (χ1v) is 13.8. The van der Waals surface area contributed by atoms with Crippen LogP contribution in [0.25, 0.3) is 11.2 Å². The molecular formula is C23H30F2N7O7P. The molecule has 218 valence electrons. The Balaban J connectivity index is 1.59. The second kappa shape index (κ2) is 12.0. The number of hydrogen-bond donors (Lipinski definition) is 4. The van der Waals surface area contributed by atoms with Gasteiger partial charge in [0.1, 0.15) is 30.7 Å². The lowest BCUT2D eigenvalue weighted by Gasteiger charge is -2.26. The van der Waals surface area contributed by atoms with Crippen molar-refractivity contribution in [2.45, 2.75) is 44.0 Å². The van der Waals surface area contributed by atoms with Crippen molar-refractivity contribution in [3.63, 3.8) is 0 Å². The summed E-state index contributed by atoms with van der Waals surface area (Å²) in [6, 6.07) is 6.80. The van der Waals surface area contributed by atoms with Crippen LogP contribution in [-0.2, 0) is 23.4 Å². The molecule has 1 unspecified atom stereocenters. The number of aliphatic hydroxyl groups is 1. The summed E-state index contributed by atoms with van der Waals surface area (Å²) in [5.41, 5.74) is 3.00. The van der Waals surface area contributed by atoms with Crippen molar-refractivity contribution in [2.24, 2.45) is 0 Å². The van der Waals surface area contributed by atoms with Crippen LogP contribution in [0.15, 0.2) is 36.7 Å². The number of fused-ring (bicyclic) bond motifs is 1. The molecule has 1 aliphatic rings. The number of carbonyl (C=O) groups excluding carboxylic acids is 1. The number of para-hydroxylation sites is 1. The topological polar surface area (TPSA) is 185 Å². The lowest BCUT2D eigenvalue weighted by atomic mass is 9.97. The van der Waals surface area contributed by atoms with Crippen LogP contribution in [0.1, 0.15) is 20.1 Å². The average Bonchev–Trinajstić information content (AvgIpc) is 3.46. The molecular weight excluding hydrogens is 555 g/mol. The third-order valence-corrected chi connectivity index (χ3v) is 7.70. The number of nitrogens with zero attached hydrogens (tertiary/aromatic N) is 4. The van der Waals surface area contributed by atoms with E-state index < -0.39 is 57.1 Å². The molecule has 3 aromatic rings. The first kappa shape index (κ1) is 29.6. The Morgan fingerprint density at radius 2 is 2.08 bits per heavy atom. The predicted octanol–water partition coefficient (Wildman–Crippen LogP) is 2.13. The molecule has 1 saturated heterocycles. The van der Waals surface area contributed by atoms with Gasteiger partial charge in [-0.15, -0.1) is 0 Å². The largest absolute Gasteiger partial charge is 0.465 e. The van der Waals surface area contributed by atoms with Crippen molar-refractivity contribution in [1.29, 1.82) is 0 Å². The molecule has 1 aromatic carbocycles. The van der Waals surface area contributed by atoms with E-state index in [1.54, 1.807) is 32.2 Å². The van der Waals surface area contributed by atoms with Gasteiger partial charge in [0.05, 0.1) is 19.5 Å². The van der Waals surface area contributed by atoms with Crippen LogP contribution >= 0.6 is 7.75 Å². The first-order valence-electron chi connectivity index (χ1n) is 12.2. The van der Waals surface area contributed by atoms with Crippen molar-refractivity contribution in [2.75, 3.05) is 38.0 Å². The molecule has 4 rings (SSSR count). The van der Waals surface area contributed by atoms with E-state index in [9.17, 15) is 18.9 Å². The summed E-state index contributed by atoms with van der Waals surface area (Å²) < 4.78 is 66.5. The highest BCUT2D eigenvalue weighted by atomic mass is 31.2. The number of nitrogen functional groups attached to an aromatic ring is 1. The fourth-order valence-corrected chi connectivity index (χ4v) is 5.60. The Hall–Kier alpha value is -3.43. The molecule has 0 radical (unpaired) electrons. The van der Waals surface area contributed by atoms with E-state index in [0.29, 0.717) is 0 Å². The van der Waals surface area contributed by atoms with Gasteiger partial charge in [0, 0.05) is 7.05 Å². The number of carbonyl (C=O) groups is 1. The molecule has 1 fully saturated rings. The molecule has 0 aliphatic carbocycles. The van der Waals surface area contributed by atoms with Gasteiger partial charge in [-0.25, -0.2) is 18.3 Å². The number of hydrogen-bond acceptors (Lipinski definition) is 12. The highest BCUT2D eigenvalue weighted by Gasteiger charge is 2.59. The zero-order valence-corrected chi connectivity index (χ0v) is 22.8. The Kier molecular flexibility index (Phi) is 8.85. The molecule has 17 heteroatoms. The van der Waals surface area contributed by atoms with Gasteiger partial charge >= 0.3 is 13.7 Å². The zero-order chi connectivity index (χ0) is 29.1. The second-order valence-corrected chi connectivity index (χ2v) is 10.5. The van der Waals surface area contributed by atoms with Crippen LogP contribution in [0.2, 0.25) is 0 Å². The van der Waals surface area contributed by atoms with Gasteiger partial charge in [0.2, 0.25) is 11.6 Å². The molecule has 40 heavy (non-hydrogen) atoms. The average molecular weight is 586 g/mol.